The Kier molecular flexibility index (Phi) is 5.31. The van der Waals surface area contributed by atoms with Crippen LogP contribution < -0.4 is 4.74 Å². The number of methoxy groups -OCH3 is 1. The summed E-state index contributed by atoms with van der Waals surface area (Å²) in [6, 6.07) is 16.1. The first-order valence-corrected chi connectivity index (χ1v) is 11.6. The van der Waals surface area contributed by atoms with Crippen LogP contribution in [0.25, 0.3) is 16.0 Å². The van der Waals surface area contributed by atoms with Gasteiger partial charge < -0.3 is 9.47 Å². The van der Waals surface area contributed by atoms with Crippen LogP contribution in [-0.2, 0) is 21.2 Å². The van der Waals surface area contributed by atoms with E-state index in [1.165, 1.54) is 24.5 Å². The molecule has 0 amide bonds. The number of carbonyl (C=O) groups excluding carboxylic acids is 1. The minimum absolute atomic E-state index is 0.196. The number of carbonyl (C=O) groups is 1. The van der Waals surface area contributed by atoms with Gasteiger partial charge in [-0.2, -0.15) is 0 Å². The van der Waals surface area contributed by atoms with Crippen LogP contribution in [-0.4, -0.2) is 37.3 Å². The summed E-state index contributed by atoms with van der Waals surface area (Å²) in [5.74, 6) is -0.109. The van der Waals surface area contributed by atoms with E-state index in [0.29, 0.717) is 33.3 Å². The highest BCUT2D eigenvalue weighted by atomic mass is 32.2. The Labute approximate surface area is 177 Å². The van der Waals surface area contributed by atoms with E-state index >= 15 is 0 Å². The number of rotatable bonds is 6. The molecule has 9 heteroatoms. The van der Waals surface area contributed by atoms with Crippen molar-refractivity contribution in [1.29, 1.82) is 0 Å². The van der Waals surface area contributed by atoms with Gasteiger partial charge in [-0.25, -0.2) is 18.2 Å². The predicted molar refractivity (Wildman–Crippen MR) is 114 cm³/mol. The van der Waals surface area contributed by atoms with Crippen LogP contribution in [0.1, 0.15) is 15.2 Å². The number of sulfone groups is 1. The molecule has 7 nitrogen and oxygen atoms in total. The molecule has 0 aliphatic carbocycles. The van der Waals surface area contributed by atoms with Crippen molar-refractivity contribution in [1.82, 2.24) is 9.55 Å². The Bertz CT molecular complexity index is 1320. The van der Waals surface area contributed by atoms with Gasteiger partial charge in [-0.15, -0.1) is 11.3 Å². The molecule has 154 valence electrons. The second-order valence-electron chi connectivity index (χ2n) is 6.58. The highest BCUT2D eigenvalue weighted by Crippen LogP contribution is 2.35. The van der Waals surface area contributed by atoms with Crippen molar-refractivity contribution >= 4 is 38.2 Å². The molecule has 4 rings (SSSR count). The average Bonchev–Trinajstić information content (AvgIpc) is 3.35. The summed E-state index contributed by atoms with van der Waals surface area (Å²) in [5, 5.41) is 0.659. The number of hydrogen-bond acceptors (Lipinski definition) is 7. The molecule has 4 aromatic rings. The first-order valence-electron chi connectivity index (χ1n) is 8.93. The molecule has 0 spiro atoms. The molecule has 0 N–H and O–H groups in total. The summed E-state index contributed by atoms with van der Waals surface area (Å²) in [4.78, 5) is 17.1. The summed E-state index contributed by atoms with van der Waals surface area (Å²) < 4.78 is 36.4. The molecule has 0 unspecified atom stereocenters. The van der Waals surface area contributed by atoms with Gasteiger partial charge in [0, 0.05) is 12.3 Å². The van der Waals surface area contributed by atoms with E-state index in [0.717, 1.165) is 11.8 Å². The van der Waals surface area contributed by atoms with Crippen molar-refractivity contribution in [3.8, 4) is 10.8 Å². The zero-order valence-corrected chi connectivity index (χ0v) is 17.9. The van der Waals surface area contributed by atoms with E-state index in [4.69, 9.17) is 9.47 Å². The van der Waals surface area contributed by atoms with Gasteiger partial charge in [0.1, 0.15) is 23.7 Å². The van der Waals surface area contributed by atoms with Gasteiger partial charge >= 0.3 is 5.97 Å². The molecule has 0 radical (unpaired) electrons. The maximum Gasteiger partial charge on any atom is 0.351 e. The third-order valence-electron chi connectivity index (χ3n) is 4.48. The average molecular weight is 443 g/mol. The van der Waals surface area contributed by atoms with Gasteiger partial charge in [0.15, 0.2) is 14.7 Å². The minimum atomic E-state index is -3.37. The number of esters is 1. The fourth-order valence-corrected chi connectivity index (χ4v) is 4.60. The molecular weight excluding hydrogens is 424 g/mol. The first kappa shape index (κ1) is 20.1. The van der Waals surface area contributed by atoms with E-state index in [2.05, 4.69) is 4.98 Å². The van der Waals surface area contributed by atoms with Crippen molar-refractivity contribution in [2.75, 3.05) is 13.4 Å². The molecule has 2 aromatic heterocycles. The Balaban J connectivity index is 1.76. The summed E-state index contributed by atoms with van der Waals surface area (Å²) in [6.07, 6.45) is 2.75. The van der Waals surface area contributed by atoms with E-state index in [1.54, 1.807) is 29.1 Å². The van der Waals surface area contributed by atoms with Crippen molar-refractivity contribution < 1.29 is 22.7 Å². The molecule has 0 bridgehead atoms. The normalized spacial score (nSPS) is 11.5. The highest BCUT2D eigenvalue weighted by molar-refractivity contribution is 7.90. The molecule has 0 atom stereocenters. The van der Waals surface area contributed by atoms with Gasteiger partial charge in [-0.3, -0.25) is 4.57 Å². The quantitative estimate of drug-likeness (QED) is 0.422. The van der Waals surface area contributed by atoms with E-state index in [9.17, 15) is 13.2 Å². The number of imidazole rings is 1. The standard InChI is InChI=1S/C21H18N2O5S2/c1-27-21(24)20-18(28-12-14-6-4-3-5-7-14)11-19(29-20)23-13-22-16-9-8-15(10-17(16)23)30(2,25)26/h3-11,13H,12H2,1-2H3. The molecule has 0 saturated heterocycles. The molecule has 0 saturated carbocycles. The van der Waals surface area contributed by atoms with Crippen molar-refractivity contribution in [3.05, 3.63) is 71.4 Å². The van der Waals surface area contributed by atoms with Crippen LogP contribution in [0.15, 0.2) is 65.8 Å². The lowest BCUT2D eigenvalue weighted by molar-refractivity contribution is 0.0601. The van der Waals surface area contributed by atoms with Crippen LogP contribution in [0.2, 0.25) is 0 Å². The summed E-state index contributed by atoms with van der Waals surface area (Å²) in [6.45, 7) is 0.296. The van der Waals surface area contributed by atoms with Crippen LogP contribution >= 0.6 is 11.3 Å². The second kappa shape index (κ2) is 7.92. The van der Waals surface area contributed by atoms with Crippen molar-refractivity contribution in [2.45, 2.75) is 11.5 Å². The number of hydrogen-bond donors (Lipinski definition) is 0. The van der Waals surface area contributed by atoms with Gasteiger partial charge in [0.2, 0.25) is 0 Å². The number of fused-ring (bicyclic) bond motifs is 1. The minimum Gasteiger partial charge on any atom is -0.487 e. The molecule has 2 aromatic carbocycles. The van der Waals surface area contributed by atoms with Gasteiger partial charge in [-0.1, -0.05) is 30.3 Å². The monoisotopic (exact) mass is 442 g/mol. The lowest BCUT2D eigenvalue weighted by atomic mass is 10.2. The molecule has 0 fully saturated rings. The SMILES string of the molecule is COC(=O)c1sc(-n2cnc3ccc(S(C)(=O)=O)cc32)cc1OCc1ccccc1. The summed E-state index contributed by atoms with van der Waals surface area (Å²) in [7, 11) is -2.05. The zero-order chi connectivity index (χ0) is 21.3. The highest BCUT2D eigenvalue weighted by Gasteiger charge is 2.21. The Hall–Kier alpha value is -3.17. The van der Waals surface area contributed by atoms with E-state index in [-0.39, 0.29) is 4.90 Å². The maximum absolute atomic E-state index is 12.3. The topological polar surface area (TPSA) is 87.5 Å². The van der Waals surface area contributed by atoms with Gasteiger partial charge in [0.05, 0.1) is 23.0 Å². The number of thiophene rings is 1. The number of aromatic nitrogens is 2. The third kappa shape index (κ3) is 3.94. The molecule has 2 heterocycles. The Morgan fingerprint density at radius 1 is 1.13 bits per heavy atom. The molecular formula is C21H18N2O5S2. The Morgan fingerprint density at radius 3 is 2.60 bits per heavy atom. The molecule has 0 aliphatic rings. The van der Waals surface area contributed by atoms with E-state index in [1.807, 2.05) is 30.3 Å². The smallest absolute Gasteiger partial charge is 0.351 e. The molecule has 0 aliphatic heterocycles. The summed E-state index contributed by atoms with van der Waals surface area (Å²) in [5.41, 5.74) is 2.22. The third-order valence-corrected chi connectivity index (χ3v) is 6.68. The van der Waals surface area contributed by atoms with Crippen LogP contribution in [0, 0.1) is 0 Å². The maximum atomic E-state index is 12.3. The Morgan fingerprint density at radius 2 is 1.90 bits per heavy atom. The fraction of sp³-hybridized carbons (Fsp3) is 0.143. The number of nitrogens with zero attached hydrogens (tertiary/aromatic N) is 2. The first-order chi connectivity index (χ1) is 14.4. The number of benzene rings is 2. The van der Waals surface area contributed by atoms with Crippen molar-refractivity contribution in [2.24, 2.45) is 0 Å². The zero-order valence-electron chi connectivity index (χ0n) is 16.2. The predicted octanol–water partition coefficient (Wildman–Crippen LogP) is 3.86. The van der Waals surface area contributed by atoms with Crippen LogP contribution in [0.4, 0.5) is 0 Å². The lowest BCUT2D eigenvalue weighted by Gasteiger charge is -2.06. The second-order valence-corrected chi connectivity index (χ2v) is 9.63. The van der Waals surface area contributed by atoms with Crippen LogP contribution in [0.3, 0.4) is 0 Å². The van der Waals surface area contributed by atoms with Crippen molar-refractivity contribution in [3.63, 3.8) is 0 Å². The van der Waals surface area contributed by atoms with Gasteiger partial charge in [0.25, 0.3) is 0 Å². The van der Waals surface area contributed by atoms with Gasteiger partial charge in [-0.05, 0) is 23.8 Å². The van der Waals surface area contributed by atoms with E-state index < -0.39 is 15.8 Å². The largest absolute Gasteiger partial charge is 0.487 e. The fourth-order valence-electron chi connectivity index (χ4n) is 2.95. The summed E-state index contributed by atoms with van der Waals surface area (Å²) >= 11 is 1.19. The lowest BCUT2D eigenvalue weighted by Crippen LogP contribution is -2.02. The molecule has 30 heavy (non-hydrogen) atoms. The van der Waals surface area contributed by atoms with Crippen LogP contribution in [0.5, 0.6) is 5.75 Å². The number of ether oxygens (including phenoxy) is 2.